The van der Waals surface area contributed by atoms with Gasteiger partial charge in [-0.05, 0) is 31.0 Å². The summed E-state index contributed by atoms with van der Waals surface area (Å²) in [5.74, 6) is -1.19. The van der Waals surface area contributed by atoms with Crippen LogP contribution < -0.4 is 5.43 Å². The van der Waals surface area contributed by atoms with Gasteiger partial charge in [0.05, 0.1) is 5.52 Å². The average Bonchev–Trinajstić information content (AvgIpc) is 2.38. The van der Waals surface area contributed by atoms with E-state index in [1.807, 2.05) is 6.92 Å². The van der Waals surface area contributed by atoms with Crippen molar-refractivity contribution < 1.29 is 14.7 Å². The van der Waals surface area contributed by atoms with Crippen LogP contribution in [-0.4, -0.2) is 21.8 Å². The van der Waals surface area contributed by atoms with Crippen LogP contribution in [0, 0.1) is 6.92 Å². The predicted octanol–water partition coefficient (Wildman–Crippen LogP) is 2.52. The van der Waals surface area contributed by atoms with E-state index in [2.05, 4.69) is 4.98 Å². The molecule has 5 nitrogen and oxygen atoms in total. The predicted molar refractivity (Wildman–Crippen MR) is 75.5 cm³/mol. The van der Waals surface area contributed by atoms with Gasteiger partial charge < -0.3 is 10.1 Å². The molecule has 0 spiro atoms. The zero-order valence-corrected chi connectivity index (χ0v) is 11.3. The number of fused-ring (bicyclic) bond motifs is 1. The molecular weight excluding hydrogens is 258 g/mol. The van der Waals surface area contributed by atoms with Crippen LogP contribution in [-0.2, 0) is 0 Å². The number of carboxylic acid groups (broad SMARTS) is 1. The number of aryl methyl sites for hydroxylation is 1. The fourth-order valence-electron chi connectivity index (χ4n) is 2.30. The molecule has 2 N–H and O–H groups in total. The van der Waals surface area contributed by atoms with E-state index in [0.29, 0.717) is 28.5 Å². The fraction of sp³-hybridized carbons (Fsp3) is 0.267. The molecule has 0 amide bonds. The molecule has 2 aromatic rings. The first-order chi connectivity index (χ1) is 9.45. The Labute approximate surface area is 115 Å². The van der Waals surface area contributed by atoms with E-state index in [-0.39, 0.29) is 16.9 Å². The zero-order valence-electron chi connectivity index (χ0n) is 11.3. The third-order valence-corrected chi connectivity index (χ3v) is 3.26. The summed E-state index contributed by atoms with van der Waals surface area (Å²) in [5.41, 5.74) is 1.00. The Hall–Kier alpha value is -2.43. The summed E-state index contributed by atoms with van der Waals surface area (Å²) in [4.78, 5) is 37.7. The number of ketones is 1. The van der Waals surface area contributed by atoms with Crippen molar-refractivity contribution in [2.45, 2.75) is 26.7 Å². The average molecular weight is 273 g/mol. The summed E-state index contributed by atoms with van der Waals surface area (Å²) in [6, 6.07) is 4.27. The molecule has 2 rings (SSSR count). The number of carbonyl (C=O) groups is 2. The van der Waals surface area contributed by atoms with E-state index in [9.17, 15) is 14.4 Å². The molecule has 1 heterocycles. The minimum absolute atomic E-state index is 0.00592. The van der Waals surface area contributed by atoms with Crippen LogP contribution in [0.5, 0.6) is 0 Å². The standard InChI is InChI=1S/C15H15NO4/c1-3-4-12(17)9-5-6-10-14(8(9)2)13(18)7-11(16-10)15(19)20/h5-7H,3-4H2,1-2H3,(H,16,18)(H,19,20). The maximum atomic E-state index is 12.1. The first kappa shape index (κ1) is 14.0. The van der Waals surface area contributed by atoms with E-state index < -0.39 is 5.97 Å². The lowest BCUT2D eigenvalue weighted by atomic mass is 9.97. The summed E-state index contributed by atoms with van der Waals surface area (Å²) in [6.07, 6.45) is 1.17. The van der Waals surface area contributed by atoms with Crippen molar-refractivity contribution in [1.82, 2.24) is 4.98 Å². The SMILES string of the molecule is CCCC(=O)c1ccc2[nH]c(C(=O)O)cc(=O)c2c1C. The Morgan fingerprint density at radius 1 is 1.30 bits per heavy atom. The number of Topliss-reactive ketones (excluding diaryl/α,β-unsaturated/α-hetero) is 1. The molecule has 0 aliphatic carbocycles. The topological polar surface area (TPSA) is 87.2 Å². The van der Waals surface area contributed by atoms with Crippen LogP contribution in [0.15, 0.2) is 23.0 Å². The summed E-state index contributed by atoms with van der Waals surface area (Å²) in [6.45, 7) is 3.63. The molecule has 0 aliphatic rings. The monoisotopic (exact) mass is 273 g/mol. The normalized spacial score (nSPS) is 10.7. The van der Waals surface area contributed by atoms with Crippen molar-refractivity contribution >= 4 is 22.7 Å². The highest BCUT2D eigenvalue weighted by Crippen LogP contribution is 2.19. The molecule has 0 saturated carbocycles. The number of aromatic amines is 1. The number of nitrogens with one attached hydrogen (secondary N) is 1. The van der Waals surface area contributed by atoms with Gasteiger partial charge in [-0.1, -0.05) is 6.92 Å². The molecule has 0 unspecified atom stereocenters. The van der Waals surface area contributed by atoms with Gasteiger partial charge in [-0.2, -0.15) is 0 Å². The van der Waals surface area contributed by atoms with Gasteiger partial charge in [0.2, 0.25) is 0 Å². The van der Waals surface area contributed by atoms with Gasteiger partial charge >= 0.3 is 5.97 Å². The summed E-state index contributed by atoms with van der Waals surface area (Å²) in [7, 11) is 0. The van der Waals surface area contributed by atoms with Crippen LogP contribution in [0.4, 0.5) is 0 Å². The second-order valence-electron chi connectivity index (χ2n) is 4.69. The van der Waals surface area contributed by atoms with Gasteiger partial charge in [0.15, 0.2) is 11.2 Å². The molecule has 0 saturated heterocycles. The molecule has 0 radical (unpaired) electrons. The zero-order chi connectivity index (χ0) is 14.9. The Balaban J connectivity index is 2.71. The first-order valence-corrected chi connectivity index (χ1v) is 6.38. The van der Waals surface area contributed by atoms with Gasteiger partial charge in [0, 0.05) is 23.4 Å². The Morgan fingerprint density at radius 2 is 2.00 bits per heavy atom. The maximum absolute atomic E-state index is 12.1. The van der Waals surface area contributed by atoms with E-state index >= 15 is 0 Å². The van der Waals surface area contributed by atoms with Crippen LogP contribution in [0.1, 0.15) is 46.2 Å². The Kier molecular flexibility index (Phi) is 3.70. The molecule has 1 aromatic heterocycles. The number of benzene rings is 1. The number of carbonyl (C=O) groups excluding carboxylic acids is 1. The molecule has 5 heteroatoms. The molecular formula is C15H15NO4. The third-order valence-electron chi connectivity index (χ3n) is 3.26. The summed E-state index contributed by atoms with van der Waals surface area (Å²) < 4.78 is 0. The van der Waals surface area contributed by atoms with Crippen LogP contribution in [0.2, 0.25) is 0 Å². The number of pyridine rings is 1. The molecule has 104 valence electrons. The second-order valence-corrected chi connectivity index (χ2v) is 4.69. The molecule has 0 atom stereocenters. The minimum Gasteiger partial charge on any atom is -0.477 e. The quantitative estimate of drug-likeness (QED) is 0.838. The van der Waals surface area contributed by atoms with Crippen molar-refractivity contribution in [2.24, 2.45) is 0 Å². The van der Waals surface area contributed by atoms with E-state index in [0.717, 1.165) is 12.5 Å². The summed E-state index contributed by atoms with van der Waals surface area (Å²) >= 11 is 0. The highest BCUT2D eigenvalue weighted by atomic mass is 16.4. The van der Waals surface area contributed by atoms with Crippen molar-refractivity contribution in [2.75, 3.05) is 0 Å². The van der Waals surface area contributed by atoms with Crippen LogP contribution in [0.25, 0.3) is 10.9 Å². The largest absolute Gasteiger partial charge is 0.477 e. The van der Waals surface area contributed by atoms with Crippen LogP contribution in [0.3, 0.4) is 0 Å². The molecule has 0 bridgehead atoms. The number of aromatic nitrogens is 1. The van der Waals surface area contributed by atoms with E-state index in [4.69, 9.17) is 5.11 Å². The summed E-state index contributed by atoms with van der Waals surface area (Å²) in [5, 5.41) is 9.30. The number of hydrogen-bond donors (Lipinski definition) is 2. The maximum Gasteiger partial charge on any atom is 0.352 e. The lowest BCUT2D eigenvalue weighted by Gasteiger charge is -2.08. The molecule has 0 aliphatic heterocycles. The minimum atomic E-state index is -1.19. The van der Waals surface area contributed by atoms with E-state index in [1.54, 1.807) is 19.1 Å². The van der Waals surface area contributed by atoms with Gasteiger partial charge in [-0.15, -0.1) is 0 Å². The van der Waals surface area contributed by atoms with Crippen molar-refractivity contribution in [3.05, 3.63) is 45.2 Å². The third kappa shape index (κ3) is 2.34. The van der Waals surface area contributed by atoms with Gasteiger partial charge in [0.1, 0.15) is 5.69 Å². The van der Waals surface area contributed by atoms with Crippen molar-refractivity contribution in [3.8, 4) is 0 Å². The number of rotatable bonds is 4. The van der Waals surface area contributed by atoms with Gasteiger partial charge in [-0.3, -0.25) is 9.59 Å². The first-order valence-electron chi connectivity index (χ1n) is 6.38. The number of carboxylic acids is 1. The Bertz CT molecular complexity index is 758. The smallest absolute Gasteiger partial charge is 0.352 e. The highest BCUT2D eigenvalue weighted by molar-refractivity contribution is 6.02. The second kappa shape index (κ2) is 5.28. The van der Waals surface area contributed by atoms with E-state index in [1.165, 1.54) is 0 Å². The van der Waals surface area contributed by atoms with Crippen molar-refractivity contribution in [3.63, 3.8) is 0 Å². The molecule has 1 aromatic carbocycles. The lowest BCUT2D eigenvalue weighted by molar-refractivity contribution is 0.0690. The number of H-pyrrole nitrogens is 1. The fourth-order valence-corrected chi connectivity index (χ4v) is 2.30. The van der Waals surface area contributed by atoms with Crippen LogP contribution >= 0.6 is 0 Å². The number of aromatic carboxylic acids is 1. The highest BCUT2D eigenvalue weighted by Gasteiger charge is 2.15. The van der Waals surface area contributed by atoms with Gasteiger partial charge in [-0.25, -0.2) is 4.79 Å². The Morgan fingerprint density at radius 3 is 2.60 bits per heavy atom. The molecule has 20 heavy (non-hydrogen) atoms. The van der Waals surface area contributed by atoms with Crippen molar-refractivity contribution in [1.29, 1.82) is 0 Å². The number of hydrogen-bond acceptors (Lipinski definition) is 3. The van der Waals surface area contributed by atoms with Gasteiger partial charge in [0.25, 0.3) is 0 Å². The lowest BCUT2D eigenvalue weighted by Crippen LogP contribution is -2.12. The molecule has 0 fully saturated rings.